The average molecular weight is 310 g/mol. The van der Waals surface area contributed by atoms with Gasteiger partial charge in [-0.15, -0.1) is 0 Å². The van der Waals surface area contributed by atoms with Crippen molar-refractivity contribution in [3.05, 3.63) is 41.5 Å². The van der Waals surface area contributed by atoms with Crippen LogP contribution in [0.15, 0.2) is 30.3 Å². The summed E-state index contributed by atoms with van der Waals surface area (Å²) in [7, 11) is 0. The van der Waals surface area contributed by atoms with Gasteiger partial charge in [0.15, 0.2) is 0 Å². The van der Waals surface area contributed by atoms with E-state index in [0.29, 0.717) is 23.3 Å². The maximum absolute atomic E-state index is 6.32. The van der Waals surface area contributed by atoms with Crippen LogP contribution in [0.25, 0.3) is 11.1 Å². The lowest BCUT2D eigenvalue weighted by Crippen LogP contribution is -2.25. The molecule has 3 rings (SSSR count). The van der Waals surface area contributed by atoms with Crippen LogP contribution in [-0.4, -0.2) is 6.04 Å². The van der Waals surface area contributed by atoms with E-state index in [2.05, 4.69) is 18.2 Å². The molecule has 2 aromatic carbocycles. The van der Waals surface area contributed by atoms with Gasteiger partial charge in [0.25, 0.3) is 0 Å². The van der Waals surface area contributed by atoms with E-state index in [1.165, 1.54) is 5.56 Å². The van der Waals surface area contributed by atoms with E-state index in [4.69, 9.17) is 22.9 Å². The van der Waals surface area contributed by atoms with Gasteiger partial charge in [0.2, 0.25) is 0 Å². The Morgan fingerprint density at radius 1 is 0.826 bits per heavy atom. The molecule has 0 atom stereocenters. The second kappa shape index (κ2) is 6.13. The third kappa shape index (κ3) is 3.13. The van der Waals surface area contributed by atoms with Gasteiger partial charge < -0.3 is 22.9 Å². The van der Waals surface area contributed by atoms with Crippen molar-refractivity contribution in [2.24, 2.45) is 5.73 Å². The Labute approximate surface area is 137 Å². The predicted octanol–water partition coefficient (Wildman–Crippen LogP) is 3.39. The predicted molar refractivity (Wildman–Crippen MR) is 99.0 cm³/mol. The van der Waals surface area contributed by atoms with Crippen LogP contribution in [-0.2, 0) is 0 Å². The number of anilines is 3. The first-order valence-corrected chi connectivity index (χ1v) is 8.26. The molecule has 1 aliphatic rings. The summed E-state index contributed by atoms with van der Waals surface area (Å²) in [5.74, 6) is 0.569. The molecule has 0 aliphatic heterocycles. The standard InChI is InChI=1S/C19H26N4/c1-11-17(21)9-14(10-18(11)22)16-7-4-13(8-19(16)23)12-2-5-15(20)6-3-12/h4,7-10,12,15H,2-3,5-6,20-23H2,1H3. The quantitative estimate of drug-likeness (QED) is 0.638. The fraction of sp³-hybridized carbons (Fsp3) is 0.368. The Morgan fingerprint density at radius 2 is 1.43 bits per heavy atom. The summed E-state index contributed by atoms with van der Waals surface area (Å²) in [6.07, 6.45) is 4.48. The molecule has 0 saturated heterocycles. The molecular weight excluding hydrogens is 284 g/mol. The van der Waals surface area contributed by atoms with E-state index in [1.54, 1.807) is 0 Å². The van der Waals surface area contributed by atoms with Crippen molar-refractivity contribution in [3.63, 3.8) is 0 Å². The molecule has 1 aliphatic carbocycles. The molecule has 0 aromatic heterocycles. The van der Waals surface area contributed by atoms with E-state index < -0.39 is 0 Å². The minimum absolute atomic E-state index is 0.362. The van der Waals surface area contributed by atoms with E-state index in [-0.39, 0.29) is 0 Å². The van der Waals surface area contributed by atoms with Gasteiger partial charge in [0.05, 0.1) is 0 Å². The molecule has 0 bridgehead atoms. The largest absolute Gasteiger partial charge is 0.398 e. The number of benzene rings is 2. The fourth-order valence-corrected chi connectivity index (χ4v) is 3.47. The molecule has 1 saturated carbocycles. The van der Waals surface area contributed by atoms with Crippen LogP contribution in [0, 0.1) is 6.92 Å². The zero-order valence-corrected chi connectivity index (χ0v) is 13.7. The number of nitrogen functional groups attached to an aromatic ring is 3. The summed E-state index contributed by atoms with van der Waals surface area (Å²) < 4.78 is 0. The van der Waals surface area contributed by atoms with Crippen molar-refractivity contribution in [1.82, 2.24) is 0 Å². The summed E-state index contributed by atoms with van der Waals surface area (Å²) in [5, 5.41) is 0. The highest BCUT2D eigenvalue weighted by Crippen LogP contribution is 2.37. The Kier molecular flexibility index (Phi) is 4.18. The van der Waals surface area contributed by atoms with Crippen LogP contribution in [0.5, 0.6) is 0 Å². The normalized spacial score (nSPS) is 21.3. The maximum atomic E-state index is 6.32. The van der Waals surface area contributed by atoms with Crippen LogP contribution in [0.1, 0.15) is 42.7 Å². The van der Waals surface area contributed by atoms with Crippen molar-refractivity contribution in [1.29, 1.82) is 0 Å². The average Bonchev–Trinajstić information content (AvgIpc) is 2.53. The van der Waals surface area contributed by atoms with Crippen LogP contribution < -0.4 is 22.9 Å². The van der Waals surface area contributed by atoms with Gasteiger partial charge >= 0.3 is 0 Å². The molecule has 4 heteroatoms. The van der Waals surface area contributed by atoms with E-state index >= 15 is 0 Å². The van der Waals surface area contributed by atoms with Gasteiger partial charge in [0, 0.05) is 28.7 Å². The zero-order valence-electron chi connectivity index (χ0n) is 13.7. The molecule has 122 valence electrons. The molecule has 4 nitrogen and oxygen atoms in total. The third-order valence-electron chi connectivity index (χ3n) is 5.12. The molecule has 0 radical (unpaired) electrons. The lowest BCUT2D eigenvalue weighted by molar-refractivity contribution is 0.395. The minimum Gasteiger partial charge on any atom is -0.398 e. The summed E-state index contributed by atoms with van der Waals surface area (Å²) in [6, 6.07) is 10.6. The molecule has 1 fully saturated rings. The van der Waals surface area contributed by atoms with E-state index in [1.807, 2.05) is 19.1 Å². The van der Waals surface area contributed by atoms with Crippen molar-refractivity contribution < 1.29 is 0 Å². The van der Waals surface area contributed by atoms with Gasteiger partial charge in [-0.1, -0.05) is 12.1 Å². The minimum atomic E-state index is 0.362. The van der Waals surface area contributed by atoms with Gasteiger partial charge in [0.1, 0.15) is 0 Å². The van der Waals surface area contributed by atoms with Crippen molar-refractivity contribution in [2.45, 2.75) is 44.6 Å². The second-order valence-electron chi connectivity index (χ2n) is 6.74. The monoisotopic (exact) mass is 310 g/mol. The van der Waals surface area contributed by atoms with E-state index in [9.17, 15) is 0 Å². The molecule has 0 heterocycles. The van der Waals surface area contributed by atoms with Gasteiger partial charge in [-0.3, -0.25) is 0 Å². The second-order valence-corrected chi connectivity index (χ2v) is 6.74. The van der Waals surface area contributed by atoms with Crippen LogP contribution >= 0.6 is 0 Å². The fourth-order valence-electron chi connectivity index (χ4n) is 3.47. The zero-order chi connectivity index (χ0) is 16.6. The van der Waals surface area contributed by atoms with E-state index in [0.717, 1.165) is 48.1 Å². The Morgan fingerprint density at radius 3 is 2.00 bits per heavy atom. The van der Waals surface area contributed by atoms with Gasteiger partial charge in [-0.25, -0.2) is 0 Å². The van der Waals surface area contributed by atoms with Crippen LogP contribution in [0.3, 0.4) is 0 Å². The summed E-state index contributed by atoms with van der Waals surface area (Å²) in [6.45, 7) is 1.93. The SMILES string of the molecule is Cc1c(N)cc(-c2ccc(C3CCC(N)CC3)cc2N)cc1N. The maximum Gasteiger partial charge on any atom is 0.0396 e. The highest BCUT2D eigenvalue weighted by molar-refractivity contribution is 5.82. The number of rotatable bonds is 2. The smallest absolute Gasteiger partial charge is 0.0396 e. The molecule has 8 N–H and O–H groups in total. The molecular formula is C19H26N4. The molecule has 0 unspecified atom stereocenters. The van der Waals surface area contributed by atoms with Crippen molar-refractivity contribution >= 4 is 17.1 Å². The Bertz CT molecular complexity index is 692. The van der Waals surface area contributed by atoms with Gasteiger partial charge in [-0.05, 0) is 73.4 Å². The number of hydrogen-bond acceptors (Lipinski definition) is 4. The topological polar surface area (TPSA) is 104 Å². The Hall–Kier alpha value is -2.20. The summed E-state index contributed by atoms with van der Waals surface area (Å²) >= 11 is 0. The first-order chi connectivity index (χ1) is 11.0. The van der Waals surface area contributed by atoms with Crippen LogP contribution in [0.4, 0.5) is 17.1 Å². The van der Waals surface area contributed by atoms with Crippen molar-refractivity contribution in [3.8, 4) is 11.1 Å². The molecule has 0 amide bonds. The molecule has 2 aromatic rings. The number of nitrogens with two attached hydrogens (primary N) is 4. The lowest BCUT2D eigenvalue weighted by atomic mass is 9.81. The third-order valence-corrected chi connectivity index (χ3v) is 5.12. The van der Waals surface area contributed by atoms with Crippen LogP contribution in [0.2, 0.25) is 0 Å². The highest BCUT2D eigenvalue weighted by Gasteiger charge is 2.20. The Balaban J connectivity index is 1.91. The highest BCUT2D eigenvalue weighted by atomic mass is 14.6. The first kappa shape index (κ1) is 15.7. The lowest BCUT2D eigenvalue weighted by Gasteiger charge is -2.26. The molecule has 23 heavy (non-hydrogen) atoms. The van der Waals surface area contributed by atoms with Crippen molar-refractivity contribution in [2.75, 3.05) is 17.2 Å². The molecule has 0 spiro atoms. The first-order valence-electron chi connectivity index (χ1n) is 8.26. The van der Waals surface area contributed by atoms with Gasteiger partial charge in [-0.2, -0.15) is 0 Å². The summed E-state index contributed by atoms with van der Waals surface area (Å²) in [4.78, 5) is 0. The summed E-state index contributed by atoms with van der Waals surface area (Å²) in [5.41, 5.74) is 30.8. The number of hydrogen-bond donors (Lipinski definition) is 4.